The Morgan fingerprint density at radius 3 is 2.06 bits per heavy atom. The maximum atomic E-state index is 15.9. The number of nitrogen functional groups attached to an aromatic ring is 1. The molecule has 51 heavy (non-hydrogen) atoms. The Hall–Kier alpha value is -5.82. The molecule has 2 aromatic carbocycles. The second-order valence-corrected chi connectivity index (χ2v) is 10.3. The van der Waals surface area contributed by atoms with Crippen LogP contribution in [0.2, 0.25) is 0 Å². The molecule has 6 N–H and O–H groups in total. The minimum absolute atomic E-state index is 0.0430. The standard InChI is InChI=1S/C27H32FN7O2.2C2HF3O2/c1-5-34-15-19(13-32-34)22-14-31-25(33-22)16-35(20-9-7-18(8-10-20)27(29)30)23-11-21(36-6-2)12-24(26(23)28)37-17(3)4;2*3-2(4,5)1(6)7/h7-15,17H,5-6,16H2,1-4H3,(H3,29,30)(H,31,33);2*(H,6,7). The van der Waals surface area contributed by atoms with E-state index in [9.17, 15) is 26.3 Å². The van der Waals surface area contributed by atoms with Gasteiger partial charge in [-0.05, 0) is 52.0 Å². The minimum Gasteiger partial charge on any atom is -0.494 e. The molecule has 0 amide bonds. The van der Waals surface area contributed by atoms with Gasteiger partial charge in [-0.25, -0.2) is 19.0 Å². The van der Waals surface area contributed by atoms with E-state index in [0.29, 0.717) is 29.4 Å². The molecule has 0 aliphatic carbocycles. The number of aromatic nitrogens is 4. The normalized spacial score (nSPS) is 11.1. The van der Waals surface area contributed by atoms with E-state index in [0.717, 1.165) is 17.8 Å². The molecule has 0 atom stereocenters. The molecule has 0 saturated carbocycles. The van der Waals surface area contributed by atoms with Crippen molar-refractivity contribution >= 4 is 29.1 Å². The van der Waals surface area contributed by atoms with Crippen LogP contribution in [0.4, 0.5) is 42.1 Å². The number of benzene rings is 2. The molecule has 0 fully saturated rings. The van der Waals surface area contributed by atoms with Gasteiger partial charge in [0, 0.05) is 47.9 Å². The first kappa shape index (κ1) is 41.4. The number of nitrogens with zero attached hydrogens (tertiary/aromatic N) is 4. The van der Waals surface area contributed by atoms with Gasteiger partial charge >= 0.3 is 24.3 Å². The first-order valence-corrected chi connectivity index (χ1v) is 14.7. The molecule has 0 unspecified atom stereocenters. The summed E-state index contributed by atoms with van der Waals surface area (Å²) >= 11 is 0. The molecule has 4 rings (SSSR count). The minimum atomic E-state index is -5.08. The molecule has 4 aromatic rings. The van der Waals surface area contributed by atoms with Crippen molar-refractivity contribution in [1.82, 2.24) is 19.7 Å². The molecular weight excluding hydrogens is 699 g/mol. The number of carboxylic acid groups (broad SMARTS) is 2. The van der Waals surface area contributed by atoms with E-state index in [1.807, 2.05) is 44.8 Å². The summed E-state index contributed by atoms with van der Waals surface area (Å²) in [6.45, 7) is 8.99. The maximum absolute atomic E-state index is 15.9. The molecule has 2 aromatic heterocycles. The van der Waals surface area contributed by atoms with Crippen molar-refractivity contribution in [1.29, 1.82) is 5.41 Å². The molecule has 0 bridgehead atoms. The van der Waals surface area contributed by atoms with E-state index in [1.165, 1.54) is 0 Å². The van der Waals surface area contributed by atoms with E-state index in [1.54, 1.807) is 47.5 Å². The number of nitrogens with one attached hydrogen (secondary N) is 2. The Balaban J connectivity index is 0.000000543. The third-order valence-electron chi connectivity index (χ3n) is 6.12. The zero-order valence-corrected chi connectivity index (χ0v) is 27.4. The summed E-state index contributed by atoms with van der Waals surface area (Å²) in [7, 11) is 0. The highest BCUT2D eigenvalue weighted by molar-refractivity contribution is 5.95. The number of rotatable bonds is 11. The monoisotopic (exact) mass is 733 g/mol. The number of nitrogens with two attached hydrogens (primary N) is 1. The highest BCUT2D eigenvalue weighted by atomic mass is 19.4. The zero-order valence-electron chi connectivity index (χ0n) is 27.4. The van der Waals surface area contributed by atoms with Crippen LogP contribution in [0, 0.1) is 11.2 Å². The van der Waals surface area contributed by atoms with Gasteiger partial charge in [0.1, 0.15) is 17.4 Å². The fourth-order valence-corrected chi connectivity index (χ4v) is 3.89. The van der Waals surface area contributed by atoms with E-state index in [2.05, 4.69) is 10.1 Å². The third kappa shape index (κ3) is 12.5. The van der Waals surface area contributed by atoms with Crippen molar-refractivity contribution in [2.24, 2.45) is 5.73 Å². The van der Waals surface area contributed by atoms with Crippen LogP contribution in [0.1, 0.15) is 39.1 Å². The summed E-state index contributed by atoms with van der Waals surface area (Å²) < 4.78 is 92.7. The average Bonchev–Trinajstić information content (AvgIpc) is 3.71. The van der Waals surface area contributed by atoms with Crippen LogP contribution in [-0.2, 0) is 22.7 Å². The number of hydrogen-bond donors (Lipinski definition) is 5. The lowest BCUT2D eigenvalue weighted by Gasteiger charge is -2.26. The Labute approximate surface area is 285 Å². The van der Waals surface area contributed by atoms with Crippen molar-refractivity contribution in [3.05, 3.63) is 72.2 Å². The Bertz CT molecular complexity index is 1750. The predicted molar refractivity (Wildman–Crippen MR) is 169 cm³/mol. The number of carboxylic acids is 2. The van der Waals surface area contributed by atoms with Crippen LogP contribution in [-0.4, -0.2) is 72.8 Å². The summed E-state index contributed by atoms with van der Waals surface area (Å²) in [5.74, 6) is -4.84. The molecule has 13 nitrogen and oxygen atoms in total. The van der Waals surface area contributed by atoms with Crippen molar-refractivity contribution in [3.8, 4) is 22.8 Å². The third-order valence-corrected chi connectivity index (χ3v) is 6.12. The Morgan fingerprint density at radius 2 is 1.61 bits per heavy atom. The van der Waals surface area contributed by atoms with Crippen molar-refractivity contribution in [2.45, 2.75) is 59.2 Å². The van der Waals surface area contributed by atoms with Crippen LogP contribution >= 0.6 is 0 Å². The van der Waals surface area contributed by atoms with E-state index in [4.69, 9.17) is 45.4 Å². The lowest BCUT2D eigenvalue weighted by atomic mass is 10.1. The maximum Gasteiger partial charge on any atom is 0.490 e. The highest BCUT2D eigenvalue weighted by Crippen LogP contribution is 2.38. The van der Waals surface area contributed by atoms with Gasteiger partial charge < -0.3 is 35.3 Å². The number of aryl methyl sites for hydroxylation is 1. The fraction of sp³-hybridized carbons (Fsp3) is 0.323. The molecular formula is C31H34F7N7O6. The Morgan fingerprint density at radius 1 is 1.04 bits per heavy atom. The quantitative estimate of drug-likeness (QED) is 0.0645. The number of aliphatic carboxylic acids is 2. The number of amidine groups is 1. The first-order chi connectivity index (χ1) is 23.7. The van der Waals surface area contributed by atoms with Gasteiger partial charge in [-0.2, -0.15) is 31.4 Å². The number of aromatic amines is 1. The largest absolute Gasteiger partial charge is 0.494 e. The molecule has 278 valence electrons. The SMILES string of the molecule is CCOc1cc(OC(C)C)c(F)c(N(Cc2nc(-c3cnn(CC)c3)c[nH]2)c2ccc(C(=N)N)cc2)c1.O=C(O)C(F)(F)F.O=C(O)C(F)(F)F. The number of ether oxygens (including phenoxy) is 2. The summed E-state index contributed by atoms with van der Waals surface area (Å²) in [5.41, 5.74) is 8.81. The lowest BCUT2D eigenvalue weighted by Crippen LogP contribution is -2.21. The van der Waals surface area contributed by atoms with Crippen LogP contribution in [0.15, 0.2) is 55.0 Å². The summed E-state index contributed by atoms with van der Waals surface area (Å²) in [4.78, 5) is 27.5. The van der Waals surface area contributed by atoms with Gasteiger partial charge in [0.2, 0.25) is 0 Å². The molecule has 0 radical (unpaired) electrons. The van der Waals surface area contributed by atoms with Crippen molar-refractivity contribution in [2.75, 3.05) is 11.5 Å². The number of H-pyrrole nitrogens is 1. The molecule has 2 heterocycles. The highest BCUT2D eigenvalue weighted by Gasteiger charge is 2.39. The summed E-state index contributed by atoms with van der Waals surface area (Å²) in [5, 5.41) is 26.3. The van der Waals surface area contributed by atoms with E-state index in [-0.39, 0.29) is 29.9 Å². The molecule has 20 heteroatoms. The number of alkyl halides is 6. The van der Waals surface area contributed by atoms with Gasteiger partial charge in [0.15, 0.2) is 11.6 Å². The number of carbonyl (C=O) groups is 2. The van der Waals surface area contributed by atoms with Crippen molar-refractivity contribution in [3.63, 3.8) is 0 Å². The number of anilines is 2. The van der Waals surface area contributed by atoms with Crippen LogP contribution in [0.5, 0.6) is 11.5 Å². The molecule has 0 saturated heterocycles. The average molecular weight is 734 g/mol. The first-order valence-electron chi connectivity index (χ1n) is 14.7. The second-order valence-electron chi connectivity index (χ2n) is 10.3. The number of imidazole rings is 1. The smallest absolute Gasteiger partial charge is 0.490 e. The van der Waals surface area contributed by atoms with Crippen LogP contribution in [0.25, 0.3) is 11.3 Å². The molecule has 0 aliphatic rings. The summed E-state index contributed by atoms with van der Waals surface area (Å²) in [6.07, 6.45) is -4.88. The van der Waals surface area contributed by atoms with Gasteiger partial charge in [-0.1, -0.05) is 0 Å². The second kappa shape index (κ2) is 17.7. The van der Waals surface area contributed by atoms with E-state index < -0.39 is 30.1 Å². The summed E-state index contributed by atoms with van der Waals surface area (Å²) in [6, 6.07) is 10.3. The van der Waals surface area contributed by atoms with Crippen LogP contribution < -0.4 is 20.1 Å². The lowest BCUT2D eigenvalue weighted by molar-refractivity contribution is -0.193. The van der Waals surface area contributed by atoms with Gasteiger partial charge in [0.05, 0.1) is 36.8 Å². The van der Waals surface area contributed by atoms with Crippen LogP contribution in [0.3, 0.4) is 0 Å². The van der Waals surface area contributed by atoms with Gasteiger partial charge in [-0.15, -0.1) is 0 Å². The van der Waals surface area contributed by atoms with E-state index >= 15 is 4.39 Å². The topological polar surface area (TPSA) is 193 Å². The Kier molecular flexibility index (Phi) is 14.4. The van der Waals surface area contributed by atoms with Gasteiger partial charge in [0.25, 0.3) is 0 Å². The molecule has 0 spiro atoms. The number of halogens is 7. The fourth-order valence-electron chi connectivity index (χ4n) is 3.89. The van der Waals surface area contributed by atoms with Crippen molar-refractivity contribution < 1.29 is 60.0 Å². The zero-order chi connectivity index (χ0) is 38.7. The number of hydrogen-bond acceptors (Lipinski definition) is 8. The predicted octanol–water partition coefficient (Wildman–Crippen LogP) is 6.51. The molecule has 0 aliphatic heterocycles. The van der Waals surface area contributed by atoms with Gasteiger partial charge in [-0.3, -0.25) is 10.1 Å².